The molecule has 5 rings (SSSR count). The number of anilines is 1. The second kappa shape index (κ2) is 10.7. The third kappa shape index (κ3) is 5.46. The van der Waals surface area contributed by atoms with Crippen LogP contribution < -0.4 is 4.90 Å². The summed E-state index contributed by atoms with van der Waals surface area (Å²) in [6.07, 6.45) is 7.43. The van der Waals surface area contributed by atoms with Crippen LogP contribution in [0.2, 0.25) is 0 Å². The van der Waals surface area contributed by atoms with E-state index in [1.807, 2.05) is 26.1 Å². The third-order valence-electron chi connectivity index (χ3n) is 6.71. The summed E-state index contributed by atoms with van der Waals surface area (Å²) in [5.41, 5.74) is 3.53. The van der Waals surface area contributed by atoms with Gasteiger partial charge < -0.3 is 0 Å². The lowest BCUT2D eigenvalue weighted by atomic mass is 10.1. The van der Waals surface area contributed by atoms with Crippen molar-refractivity contribution >= 4 is 42.6 Å². The molecule has 1 aliphatic rings. The number of fused-ring (bicyclic) bond motifs is 1. The Hall–Kier alpha value is -3.08. The van der Waals surface area contributed by atoms with Crippen molar-refractivity contribution in [1.82, 2.24) is 19.1 Å². The number of hydrogen-bond donors (Lipinski definition) is 0. The molecule has 0 N–H and O–H groups in total. The Kier molecular flexibility index (Phi) is 7.41. The number of nitrogens with zero attached hydrogens (tertiary/aromatic N) is 5. The maximum absolute atomic E-state index is 13.7. The van der Waals surface area contributed by atoms with Gasteiger partial charge in [-0.25, -0.2) is 13.4 Å². The van der Waals surface area contributed by atoms with Crippen molar-refractivity contribution in [3.05, 3.63) is 71.5 Å². The van der Waals surface area contributed by atoms with Crippen molar-refractivity contribution in [2.75, 3.05) is 24.5 Å². The Balaban J connectivity index is 1.44. The van der Waals surface area contributed by atoms with Crippen molar-refractivity contribution < 1.29 is 13.2 Å². The fourth-order valence-electron chi connectivity index (χ4n) is 4.75. The molecule has 2 aromatic carbocycles. The molecule has 1 fully saturated rings. The van der Waals surface area contributed by atoms with E-state index in [0.29, 0.717) is 36.9 Å². The number of aromatic nitrogens is 3. The van der Waals surface area contributed by atoms with E-state index in [2.05, 4.69) is 17.2 Å². The minimum atomic E-state index is -3.58. The van der Waals surface area contributed by atoms with Gasteiger partial charge in [0.1, 0.15) is 0 Å². The second-order valence-electron chi connectivity index (χ2n) is 9.49. The summed E-state index contributed by atoms with van der Waals surface area (Å²) < 4.78 is 30.7. The summed E-state index contributed by atoms with van der Waals surface area (Å²) in [6.45, 7) is 6.05. The zero-order valence-corrected chi connectivity index (χ0v) is 22.8. The van der Waals surface area contributed by atoms with Gasteiger partial charge >= 0.3 is 0 Å². The molecule has 1 aliphatic heterocycles. The molecule has 0 spiro atoms. The normalized spacial score (nSPS) is 15.1. The van der Waals surface area contributed by atoms with Gasteiger partial charge in [-0.1, -0.05) is 30.2 Å². The van der Waals surface area contributed by atoms with Crippen LogP contribution in [0.15, 0.2) is 59.8 Å². The Morgan fingerprint density at radius 2 is 1.78 bits per heavy atom. The molecular weight excluding hydrogens is 506 g/mol. The molecule has 0 radical (unpaired) electrons. The lowest BCUT2D eigenvalue weighted by Gasteiger charge is -2.21. The van der Waals surface area contributed by atoms with Crippen LogP contribution in [0.4, 0.5) is 5.13 Å². The Labute approximate surface area is 221 Å². The summed E-state index contributed by atoms with van der Waals surface area (Å²) in [6, 6.07) is 12.3. The van der Waals surface area contributed by atoms with E-state index in [9.17, 15) is 13.2 Å². The van der Waals surface area contributed by atoms with Crippen molar-refractivity contribution in [2.24, 2.45) is 0 Å². The number of sulfonamides is 1. The van der Waals surface area contributed by atoms with Gasteiger partial charge in [-0.05, 0) is 74.2 Å². The van der Waals surface area contributed by atoms with Crippen molar-refractivity contribution in [3.63, 3.8) is 0 Å². The quantitative estimate of drug-likeness (QED) is 0.330. The first-order valence-corrected chi connectivity index (χ1v) is 14.9. The zero-order chi connectivity index (χ0) is 26.0. The molecule has 194 valence electrons. The predicted molar refractivity (Wildman–Crippen MR) is 147 cm³/mol. The minimum absolute atomic E-state index is 0.222. The molecule has 0 aliphatic carbocycles. The number of aryl methyl sites for hydroxylation is 2. The predicted octanol–water partition coefficient (Wildman–Crippen LogP) is 5.02. The summed E-state index contributed by atoms with van der Waals surface area (Å²) in [7, 11) is -3.58. The Morgan fingerprint density at radius 1 is 1.05 bits per heavy atom. The first kappa shape index (κ1) is 25.6. The standard InChI is InChI=1S/C27H31N5O3S2/c1-20-18-21(2)25-24(19-20)36-27(29-25)32(17-16-30-13-7-12-28-30)26(33)22-8-10-23(11-9-22)37(34,35)31-14-5-3-4-6-15-31/h7-13,18-19H,3-6,14-17H2,1-2H3. The van der Waals surface area contributed by atoms with Crippen molar-refractivity contribution in [1.29, 1.82) is 0 Å². The number of rotatable bonds is 7. The van der Waals surface area contributed by atoms with E-state index < -0.39 is 10.0 Å². The van der Waals surface area contributed by atoms with Gasteiger partial charge in [0.25, 0.3) is 5.91 Å². The Bertz CT molecular complexity index is 1490. The smallest absolute Gasteiger partial charge is 0.260 e. The van der Waals surface area contributed by atoms with Gasteiger partial charge in [-0.3, -0.25) is 14.4 Å². The maximum atomic E-state index is 13.7. The van der Waals surface area contributed by atoms with Crippen LogP contribution in [-0.4, -0.2) is 53.0 Å². The van der Waals surface area contributed by atoms with Gasteiger partial charge in [0.2, 0.25) is 10.0 Å². The van der Waals surface area contributed by atoms with Crippen LogP contribution in [0, 0.1) is 13.8 Å². The van der Waals surface area contributed by atoms with Crippen LogP contribution in [0.3, 0.4) is 0 Å². The van der Waals surface area contributed by atoms with E-state index in [1.165, 1.54) is 11.3 Å². The maximum Gasteiger partial charge on any atom is 0.260 e. The van der Waals surface area contributed by atoms with E-state index >= 15 is 0 Å². The molecule has 37 heavy (non-hydrogen) atoms. The monoisotopic (exact) mass is 537 g/mol. The van der Waals surface area contributed by atoms with E-state index in [1.54, 1.807) is 44.3 Å². The average molecular weight is 538 g/mol. The molecule has 0 atom stereocenters. The van der Waals surface area contributed by atoms with Gasteiger partial charge in [-0.2, -0.15) is 9.40 Å². The van der Waals surface area contributed by atoms with E-state index in [4.69, 9.17) is 4.98 Å². The molecule has 0 bridgehead atoms. The summed E-state index contributed by atoms with van der Waals surface area (Å²) in [5.74, 6) is -0.223. The highest BCUT2D eigenvalue weighted by Gasteiger charge is 2.27. The van der Waals surface area contributed by atoms with Crippen LogP contribution in [0.5, 0.6) is 0 Å². The highest BCUT2D eigenvalue weighted by molar-refractivity contribution is 7.89. The van der Waals surface area contributed by atoms with Gasteiger partial charge in [-0.15, -0.1) is 0 Å². The number of carbonyl (C=O) groups excluding carboxylic acids is 1. The van der Waals surface area contributed by atoms with E-state index in [0.717, 1.165) is 47.0 Å². The largest absolute Gasteiger partial charge is 0.282 e. The third-order valence-corrected chi connectivity index (χ3v) is 9.65. The summed E-state index contributed by atoms with van der Waals surface area (Å²) in [5, 5.41) is 4.88. The molecule has 4 aromatic rings. The lowest BCUT2D eigenvalue weighted by Crippen LogP contribution is -2.34. The van der Waals surface area contributed by atoms with E-state index in [-0.39, 0.29) is 10.8 Å². The number of hydrogen-bond acceptors (Lipinski definition) is 6. The van der Waals surface area contributed by atoms with Crippen molar-refractivity contribution in [3.8, 4) is 0 Å². The van der Waals surface area contributed by atoms with Crippen molar-refractivity contribution in [2.45, 2.75) is 51.0 Å². The fourth-order valence-corrected chi connectivity index (χ4v) is 7.43. The summed E-state index contributed by atoms with van der Waals surface area (Å²) in [4.78, 5) is 20.5. The van der Waals surface area contributed by atoms with Crippen LogP contribution >= 0.6 is 11.3 Å². The molecule has 0 saturated carbocycles. The molecule has 3 heterocycles. The second-order valence-corrected chi connectivity index (χ2v) is 12.4. The zero-order valence-electron chi connectivity index (χ0n) is 21.1. The topological polar surface area (TPSA) is 88.4 Å². The fraction of sp³-hybridized carbons (Fsp3) is 0.370. The molecule has 2 aromatic heterocycles. The molecular formula is C27H31N5O3S2. The van der Waals surface area contributed by atoms with Gasteiger partial charge in [0.15, 0.2) is 5.13 Å². The van der Waals surface area contributed by atoms with Gasteiger partial charge in [0, 0.05) is 37.6 Å². The lowest BCUT2D eigenvalue weighted by molar-refractivity contribution is 0.0985. The molecule has 1 amide bonds. The first-order chi connectivity index (χ1) is 17.8. The molecule has 10 heteroatoms. The SMILES string of the molecule is Cc1cc(C)c2nc(N(CCn3cccn3)C(=O)c3ccc(S(=O)(=O)N4CCCCCC4)cc3)sc2c1. The van der Waals surface area contributed by atoms with Crippen LogP contribution in [0.25, 0.3) is 10.2 Å². The molecule has 1 saturated heterocycles. The van der Waals surface area contributed by atoms with Crippen LogP contribution in [0.1, 0.15) is 47.2 Å². The average Bonchev–Trinajstić information content (AvgIpc) is 3.47. The molecule has 0 unspecified atom stereocenters. The number of benzene rings is 2. The number of amides is 1. The highest BCUT2D eigenvalue weighted by atomic mass is 32.2. The van der Waals surface area contributed by atoms with Crippen LogP contribution in [-0.2, 0) is 16.6 Å². The number of thiazole rings is 1. The highest BCUT2D eigenvalue weighted by Crippen LogP contribution is 2.32. The summed E-state index contributed by atoms with van der Waals surface area (Å²) >= 11 is 1.48. The minimum Gasteiger partial charge on any atom is -0.282 e. The number of carbonyl (C=O) groups is 1. The van der Waals surface area contributed by atoms with Gasteiger partial charge in [0.05, 0.1) is 21.7 Å². The molecule has 8 nitrogen and oxygen atoms in total. The first-order valence-electron chi connectivity index (χ1n) is 12.6. The Morgan fingerprint density at radius 3 is 2.46 bits per heavy atom.